The molecule has 0 aromatic carbocycles. The number of nitrogens with zero attached hydrogens (tertiary/aromatic N) is 2. The van der Waals surface area contributed by atoms with E-state index in [0.717, 1.165) is 25.7 Å². The molecule has 20 heavy (non-hydrogen) atoms. The van der Waals surface area contributed by atoms with E-state index in [9.17, 15) is 13.2 Å². The highest BCUT2D eigenvalue weighted by molar-refractivity contribution is 7.89. The fraction of sp³-hybridized carbons (Fsp3) is 0.615. The molecule has 1 aliphatic heterocycles. The van der Waals surface area contributed by atoms with Gasteiger partial charge in [0.1, 0.15) is 10.6 Å². The number of hydrogen-bond acceptors (Lipinski definition) is 3. The molecule has 0 saturated carbocycles. The molecule has 1 aromatic heterocycles. The molecule has 2 rings (SSSR count). The smallest absolute Gasteiger partial charge is 0.352 e. The van der Waals surface area contributed by atoms with Crippen LogP contribution in [0.3, 0.4) is 0 Å². The van der Waals surface area contributed by atoms with Gasteiger partial charge in [-0.3, -0.25) is 0 Å². The average Bonchev–Trinajstić information content (AvgIpc) is 2.85. The number of piperidine rings is 1. The molecule has 6 nitrogen and oxygen atoms in total. The van der Waals surface area contributed by atoms with Gasteiger partial charge in [-0.2, -0.15) is 4.31 Å². The molecule has 0 aliphatic carbocycles. The number of rotatable bonds is 5. The Morgan fingerprint density at radius 1 is 1.30 bits per heavy atom. The van der Waals surface area contributed by atoms with E-state index < -0.39 is 16.0 Å². The van der Waals surface area contributed by atoms with Crippen molar-refractivity contribution < 1.29 is 18.3 Å². The van der Waals surface area contributed by atoms with Crippen LogP contribution in [0.25, 0.3) is 0 Å². The second kappa shape index (κ2) is 5.97. The van der Waals surface area contributed by atoms with Crippen LogP contribution in [-0.2, 0) is 16.6 Å². The number of hydrogen-bond donors (Lipinski definition) is 1. The van der Waals surface area contributed by atoms with Gasteiger partial charge in [-0.25, -0.2) is 13.2 Å². The fourth-order valence-corrected chi connectivity index (χ4v) is 4.04. The van der Waals surface area contributed by atoms with E-state index in [0.29, 0.717) is 19.6 Å². The Kier molecular flexibility index (Phi) is 4.49. The molecule has 1 fully saturated rings. The van der Waals surface area contributed by atoms with Gasteiger partial charge >= 0.3 is 5.97 Å². The summed E-state index contributed by atoms with van der Waals surface area (Å²) < 4.78 is 27.9. The first-order valence-electron chi connectivity index (χ1n) is 6.90. The summed E-state index contributed by atoms with van der Waals surface area (Å²) in [5.74, 6) is -1.10. The highest BCUT2D eigenvalue weighted by atomic mass is 32.2. The van der Waals surface area contributed by atoms with Crippen LogP contribution in [0.4, 0.5) is 0 Å². The molecule has 0 radical (unpaired) electrons. The summed E-state index contributed by atoms with van der Waals surface area (Å²) in [6.45, 7) is 3.45. The topological polar surface area (TPSA) is 79.6 Å². The molecule has 1 saturated heterocycles. The summed E-state index contributed by atoms with van der Waals surface area (Å²) in [4.78, 5) is 11.3. The van der Waals surface area contributed by atoms with Gasteiger partial charge < -0.3 is 9.67 Å². The van der Waals surface area contributed by atoms with Gasteiger partial charge in [0.25, 0.3) is 0 Å². The highest BCUT2D eigenvalue weighted by Gasteiger charge is 2.28. The lowest BCUT2D eigenvalue weighted by Crippen LogP contribution is -2.35. The predicted molar refractivity (Wildman–Crippen MR) is 74.3 cm³/mol. The zero-order chi connectivity index (χ0) is 14.8. The number of aromatic nitrogens is 1. The van der Waals surface area contributed by atoms with E-state index in [1.165, 1.54) is 21.1 Å². The average molecular weight is 300 g/mol. The summed E-state index contributed by atoms with van der Waals surface area (Å²) >= 11 is 0. The lowest BCUT2D eigenvalue weighted by Gasteiger charge is -2.25. The van der Waals surface area contributed by atoms with E-state index in [2.05, 4.69) is 0 Å². The number of carboxylic acid groups (broad SMARTS) is 1. The van der Waals surface area contributed by atoms with E-state index in [4.69, 9.17) is 5.11 Å². The first kappa shape index (κ1) is 15.1. The van der Waals surface area contributed by atoms with Crippen molar-refractivity contribution >= 4 is 16.0 Å². The largest absolute Gasteiger partial charge is 0.477 e. The minimum absolute atomic E-state index is 0.0300. The van der Waals surface area contributed by atoms with E-state index in [1.807, 2.05) is 6.92 Å². The van der Waals surface area contributed by atoms with Crippen molar-refractivity contribution in [2.24, 2.45) is 0 Å². The molecule has 0 amide bonds. The molecule has 1 N–H and O–H groups in total. The first-order chi connectivity index (χ1) is 9.46. The van der Waals surface area contributed by atoms with Crippen LogP contribution in [0.15, 0.2) is 17.2 Å². The van der Waals surface area contributed by atoms with Gasteiger partial charge in [0.15, 0.2) is 0 Å². The number of aromatic carboxylic acids is 1. The Labute approximate surface area is 119 Å². The summed E-state index contributed by atoms with van der Waals surface area (Å²) in [6.07, 6.45) is 4.96. The Bertz CT molecular complexity index is 586. The van der Waals surface area contributed by atoms with Crippen molar-refractivity contribution in [3.05, 3.63) is 18.0 Å². The highest BCUT2D eigenvalue weighted by Crippen LogP contribution is 2.22. The van der Waals surface area contributed by atoms with Gasteiger partial charge in [-0.05, 0) is 25.3 Å². The number of sulfonamides is 1. The van der Waals surface area contributed by atoms with Crippen LogP contribution in [0.2, 0.25) is 0 Å². The van der Waals surface area contributed by atoms with Gasteiger partial charge in [-0.1, -0.05) is 13.3 Å². The lowest BCUT2D eigenvalue weighted by atomic mass is 10.2. The van der Waals surface area contributed by atoms with Gasteiger partial charge in [0.2, 0.25) is 10.0 Å². The third-order valence-corrected chi connectivity index (χ3v) is 5.37. The van der Waals surface area contributed by atoms with Crippen molar-refractivity contribution in [3.63, 3.8) is 0 Å². The second-order valence-electron chi connectivity index (χ2n) is 5.02. The van der Waals surface area contributed by atoms with Crippen LogP contribution in [-0.4, -0.2) is 41.5 Å². The Morgan fingerprint density at radius 2 is 1.95 bits per heavy atom. The minimum atomic E-state index is -3.57. The third-order valence-electron chi connectivity index (χ3n) is 3.51. The maximum atomic E-state index is 12.5. The minimum Gasteiger partial charge on any atom is -0.477 e. The molecule has 0 spiro atoms. The fourth-order valence-electron chi connectivity index (χ4n) is 2.48. The summed E-state index contributed by atoms with van der Waals surface area (Å²) in [6, 6.07) is 1.27. The molecule has 1 aromatic rings. The number of aryl methyl sites for hydroxylation is 1. The van der Waals surface area contributed by atoms with Crippen LogP contribution < -0.4 is 0 Å². The lowest BCUT2D eigenvalue weighted by molar-refractivity contribution is 0.0685. The van der Waals surface area contributed by atoms with Crippen LogP contribution in [0.1, 0.15) is 43.1 Å². The third kappa shape index (κ3) is 2.88. The van der Waals surface area contributed by atoms with Crippen molar-refractivity contribution in [1.82, 2.24) is 8.87 Å². The van der Waals surface area contributed by atoms with E-state index in [-0.39, 0.29) is 10.6 Å². The summed E-state index contributed by atoms with van der Waals surface area (Å²) in [5.41, 5.74) is 0.0300. The zero-order valence-electron chi connectivity index (χ0n) is 11.6. The molecule has 0 bridgehead atoms. The van der Waals surface area contributed by atoms with Gasteiger partial charge in [0.05, 0.1) is 0 Å². The summed E-state index contributed by atoms with van der Waals surface area (Å²) in [7, 11) is -3.57. The maximum Gasteiger partial charge on any atom is 0.352 e. The number of carboxylic acids is 1. The SMILES string of the molecule is CCCn1cc(S(=O)(=O)N2CCCCC2)cc1C(=O)O. The normalized spacial score (nSPS) is 17.2. The van der Waals surface area contributed by atoms with E-state index in [1.54, 1.807) is 0 Å². The van der Waals surface area contributed by atoms with Gasteiger partial charge in [0, 0.05) is 25.8 Å². The summed E-state index contributed by atoms with van der Waals surface area (Å²) in [5, 5.41) is 9.15. The van der Waals surface area contributed by atoms with Crippen LogP contribution in [0.5, 0.6) is 0 Å². The van der Waals surface area contributed by atoms with Crippen molar-refractivity contribution in [2.75, 3.05) is 13.1 Å². The van der Waals surface area contributed by atoms with Crippen molar-refractivity contribution in [3.8, 4) is 0 Å². The Hall–Kier alpha value is -1.34. The van der Waals surface area contributed by atoms with E-state index >= 15 is 0 Å². The molecule has 1 aliphatic rings. The zero-order valence-corrected chi connectivity index (χ0v) is 12.4. The van der Waals surface area contributed by atoms with Crippen LogP contribution in [0, 0.1) is 0 Å². The monoisotopic (exact) mass is 300 g/mol. The Balaban J connectivity index is 2.36. The molecular formula is C13H20N2O4S. The van der Waals surface area contributed by atoms with Gasteiger partial charge in [-0.15, -0.1) is 0 Å². The number of carbonyl (C=O) groups is 1. The quantitative estimate of drug-likeness (QED) is 0.898. The molecule has 2 heterocycles. The van der Waals surface area contributed by atoms with Crippen molar-refractivity contribution in [2.45, 2.75) is 44.0 Å². The Morgan fingerprint density at radius 3 is 2.50 bits per heavy atom. The van der Waals surface area contributed by atoms with Crippen molar-refractivity contribution in [1.29, 1.82) is 0 Å². The molecule has 112 valence electrons. The van der Waals surface area contributed by atoms with Crippen LogP contribution >= 0.6 is 0 Å². The molecule has 7 heteroatoms. The second-order valence-corrected chi connectivity index (χ2v) is 6.96. The first-order valence-corrected chi connectivity index (χ1v) is 8.34. The standard InChI is InChI=1S/C13H20N2O4S/c1-2-6-14-10-11(9-12(14)13(16)17)20(18,19)15-7-4-3-5-8-15/h9-10H,2-8H2,1H3,(H,16,17). The molecule has 0 unspecified atom stereocenters. The molecule has 0 atom stereocenters. The predicted octanol–water partition coefficient (Wildman–Crippen LogP) is 1.77. The molecular weight excluding hydrogens is 280 g/mol. The maximum absolute atomic E-state index is 12.5.